The smallest absolute Gasteiger partial charge is 0.161 e. The molecule has 1 fully saturated rings. The van der Waals surface area contributed by atoms with Crippen molar-refractivity contribution in [1.82, 2.24) is 0 Å². The third kappa shape index (κ3) is 2.58. The van der Waals surface area contributed by atoms with Gasteiger partial charge in [0, 0.05) is 10.9 Å². The van der Waals surface area contributed by atoms with Crippen LogP contribution in [0.1, 0.15) is 12.8 Å². The third-order valence-electron chi connectivity index (χ3n) is 3.00. The summed E-state index contributed by atoms with van der Waals surface area (Å²) < 4.78 is 13.0. The fraction of sp³-hybridized carbons (Fsp3) is 0.417. The molecule has 2 nitrogen and oxygen atoms in total. The van der Waals surface area contributed by atoms with Crippen LogP contribution < -0.4 is 5.32 Å². The third-order valence-corrected chi connectivity index (χ3v) is 4.58. The highest BCUT2D eigenvalue weighted by atomic mass is 35.5. The molecule has 1 unspecified atom stereocenters. The van der Waals surface area contributed by atoms with E-state index in [1.807, 2.05) is 0 Å². The molecule has 0 saturated heterocycles. The molecule has 0 amide bonds. The number of benzene rings is 1. The first-order valence-corrected chi connectivity index (χ1v) is 6.91. The van der Waals surface area contributed by atoms with Crippen LogP contribution >= 0.6 is 23.4 Å². The van der Waals surface area contributed by atoms with Crippen molar-refractivity contribution in [1.29, 1.82) is 0 Å². The molecule has 1 saturated carbocycles. The molecule has 1 N–H and O–H groups in total. The molecule has 1 heterocycles. The van der Waals surface area contributed by atoms with Crippen LogP contribution in [-0.4, -0.2) is 17.0 Å². The summed E-state index contributed by atoms with van der Waals surface area (Å²) in [6.07, 6.45) is 2.67. The summed E-state index contributed by atoms with van der Waals surface area (Å²) in [7, 11) is 0. The van der Waals surface area contributed by atoms with Crippen molar-refractivity contribution in [2.75, 3.05) is 11.9 Å². The molecule has 1 aromatic rings. The number of anilines is 1. The van der Waals surface area contributed by atoms with Gasteiger partial charge in [0.05, 0.1) is 11.6 Å². The Kier molecular flexibility index (Phi) is 3.01. The van der Waals surface area contributed by atoms with E-state index < -0.39 is 5.82 Å². The Hall–Kier alpha value is -0.740. The second-order valence-electron chi connectivity index (χ2n) is 4.39. The zero-order valence-electron chi connectivity index (χ0n) is 9.12. The van der Waals surface area contributed by atoms with Crippen molar-refractivity contribution in [2.45, 2.75) is 18.1 Å². The number of halogens is 2. The maximum atomic E-state index is 13.0. The van der Waals surface area contributed by atoms with Gasteiger partial charge in [-0.15, -0.1) is 0 Å². The number of amidine groups is 1. The van der Waals surface area contributed by atoms with Crippen LogP contribution in [0.4, 0.5) is 10.1 Å². The van der Waals surface area contributed by atoms with E-state index in [-0.39, 0.29) is 5.02 Å². The lowest BCUT2D eigenvalue weighted by Gasteiger charge is -2.08. The fourth-order valence-corrected chi connectivity index (χ4v) is 3.28. The monoisotopic (exact) mass is 270 g/mol. The highest BCUT2D eigenvalue weighted by Gasteiger charge is 2.35. The molecule has 1 aliphatic heterocycles. The van der Waals surface area contributed by atoms with Gasteiger partial charge in [-0.1, -0.05) is 23.4 Å². The first kappa shape index (κ1) is 11.4. The molecule has 1 atom stereocenters. The Bertz CT molecular complexity index is 474. The predicted molar refractivity (Wildman–Crippen MR) is 71.4 cm³/mol. The Morgan fingerprint density at radius 1 is 1.41 bits per heavy atom. The Morgan fingerprint density at radius 3 is 2.94 bits per heavy atom. The average Bonchev–Trinajstić information content (AvgIpc) is 3.06. The standard InChI is InChI=1S/C12H12ClFN2S/c13-9-5-8(3-4-10(9)14)16-12-15-6-11(17-12)7-1-2-7/h3-5,7,11H,1-2,6H2,(H,15,16). The predicted octanol–water partition coefficient (Wildman–Crippen LogP) is 3.77. The van der Waals surface area contributed by atoms with Crippen molar-refractivity contribution in [3.63, 3.8) is 0 Å². The Labute approximate surface area is 109 Å². The summed E-state index contributed by atoms with van der Waals surface area (Å²) in [4.78, 5) is 4.46. The highest BCUT2D eigenvalue weighted by molar-refractivity contribution is 8.15. The van der Waals surface area contributed by atoms with Gasteiger partial charge >= 0.3 is 0 Å². The minimum atomic E-state index is -0.394. The SMILES string of the molecule is Fc1ccc(NC2=NCC(C3CC3)S2)cc1Cl. The summed E-state index contributed by atoms with van der Waals surface area (Å²) in [5.41, 5.74) is 0.791. The molecule has 5 heteroatoms. The lowest BCUT2D eigenvalue weighted by Crippen LogP contribution is -2.09. The number of nitrogens with one attached hydrogen (secondary N) is 1. The molecular weight excluding hydrogens is 259 g/mol. The highest BCUT2D eigenvalue weighted by Crippen LogP contribution is 2.42. The summed E-state index contributed by atoms with van der Waals surface area (Å²) in [5.74, 6) is 0.453. The number of nitrogens with zero attached hydrogens (tertiary/aromatic N) is 1. The molecule has 0 bridgehead atoms. The molecule has 2 aliphatic rings. The number of hydrogen-bond acceptors (Lipinski definition) is 3. The van der Waals surface area contributed by atoms with E-state index in [1.165, 1.54) is 18.9 Å². The van der Waals surface area contributed by atoms with Crippen LogP contribution in [0, 0.1) is 11.7 Å². The maximum Gasteiger partial charge on any atom is 0.161 e. The van der Waals surface area contributed by atoms with E-state index >= 15 is 0 Å². The van der Waals surface area contributed by atoms with E-state index in [0.717, 1.165) is 23.3 Å². The van der Waals surface area contributed by atoms with Gasteiger partial charge in [-0.25, -0.2) is 4.39 Å². The second kappa shape index (κ2) is 4.50. The van der Waals surface area contributed by atoms with Gasteiger partial charge in [0.2, 0.25) is 0 Å². The fourth-order valence-electron chi connectivity index (χ4n) is 1.87. The number of hydrogen-bond donors (Lipinski definition) is 1. The van der Waals surface area contributed by atoms with Gasteiger partial charge in [-0.2, -0.15) is 0 Å². The minimum absolute atomic E-state index is 0.136. The first-order valence-electron chi connectivity index (χ1n) is 5.65. The minimum Gasteiger partial charge on any atom is -0.335 e. The zero-order valence-corrected chi connectivity index (χ0v) is 10.7. The normalized spacial score (nSPS) is 23.6. The van der Waals surface area contributed by atoms with E-state index in [1.54, 1.807) is 23.9 Å². The molecule has 17 heavy (non-hydrogen) atoms. The summed E-state index contributed by atoms with van der Waals surface area (Å²) in [6, 6.07) is 4.63. The molecule has 1 aromatic carbocycles. The molecule has 90 valence electrons. The van der Waals surface area contributed by atoms with Crippen molar-refractivity contribution in [3.05, 3.63) is 29.0 Å². The van der Waals surface area contributed by atoms with Crippen LogP contribution in [0.5, 0.6) is 0 Å². The van der Waals surface area contributed by atoms with Gasteiger partial charge in [0.15, 0.2) is 5.17 Å². The maximum absolute atomic E-state index is 13.0. The average molecular weight is 271 g/mol. The van der Waals surface area contributed by atoms with Crippen molar-refractivity contribution in [3.8, 4) is 0 Å². The van der Waals surface area contributed by atoms with Crippen LogP contribution in [0.15, 0.2) is 23.2 Å². The van der Waals surface area contributed by atoms with Gasteiger partial charge < -0.3 is 5.32 Å². The van der Waals surface area contributed by atoms with Crippen molar-refractivity contribution < 1.29 is 4.39 Å². The van der Waals surface area contributed by atoms with Gasteiger partial charge in [0.1, 0.15) is 5.82 Å². The molecule has 0 spiro atoms. The van der Waals surface area contributed by atoms with Crippen molar-refractivity contribution in [2.24, 2.45) is 10.9 Å². The Balaban J connectivity index is 1.64. The number of rotatable bonds is 2. The van der Waals surface area contributed by atoms with E-state index in [0.29, 0.717) is 5.25 Å². The molecule has 0 radical (unpaired) electrons. The van der Waals surface area contributed by atoms with Gasteiger partial charge in [-0.3, -0.25) is 4.99 Å². The molecule has 1 aliphatic carbocycles. The van der Waals surface area contributed by atoms with E-state index in [4.69, 9.17) is 11.6 Å². The van der Waals surface area contributed by atoms with E-state index in [9.17, 15) is 4.39 Å². The van der Waals surface area contributed by atoms with Crippen LogP contribution in [0.2, 0.25) is 5.02 Å². The molecule has 0 aromatic heterocycles. The summed E-state index contributed by atoms with van der Waals surface area (Å²) in [6.45, 7) is 0.895. The number of aliphatic imine (C=N–C) groups is 1. The number of thioether (sulfide) groups is 1. The van der Waals surface area contributed by atoms with Crippen LogP contribution in [-0.2, 0) is 0 Å². The molecule has 3 rings (SSSR count). The lowest BCUT2D eigenvalue weighted by atomic mass is 10.3. The lowest BCUT2D eigenvalue weighted by molar-refractivity contribution is 0.628. The Morgan fingerprint density at radius 2 is 2.24 bits per heavy atom. The van der Waals surface area contributed by atoms with Crippen LogP contribution in [0.3, 0.4) is 0 Å². The topological polar surface area (TPSA) is 24.4 Å². The summed E-state index contributed by atoms with van der Waals surface area (Å²) in [5, 5.41) is 4.87. The van der Waals surface area contributed by atoms with E-state index in [2.05, 4.69) is 10.3 Å². The second-order valence-corrected chi connectivity index (χ2v) is 6.03. The van der Waals surface area contributed by atoms with Gasteiger partial charge in [0.25, 0.3) is 0 Å². The van der Waals surface area contributed by atoms with Crippen molar-refractivity contribution >= 4 is 34.2 Å². The molecular formula is C12H12ClFN2S. The quantitative estimate of drug-likeness (QED) is 0.885. The zero-order chi connectivity index (χ0) is 11.8. The van der Waals surface area contributed by atoms with Gasteiger partial charge in [-0.05, 0) is 37.0 Å². The van der Waals surface area contributed by atoms with Crippen LogP contribution in [0.25, 0.3) is 0 Å². The first-order chi connectivity index (χ1) is 8.22. The largest absolute Gasteiger partial charge is 0.335 e. The summed E-state index contributed by atoms with van der Waals surface area (Å²) >= 11 is 7.51.